The van der Waals surface area contributed by atoms with Gasteiger partial charge in [-0.2, -0.15) is 0 Å². The third kappa shape index (κ3) is 3.11. The highest BCUT2D eigenvalue weighted by Gasteiger charge is 2.75. The van der Waals surface area contributed by atoms with Gasteiger partial charge in [-0.15, -0.1) is 0 Å². The van der Waals surface area contributed by atoms with Gasteiger partial charge >= 0.3 is 0 Å². The van der Waals surface area contributed by atoms with Crippen molar-refractivity contribution in [1.82, 2.24) is 10.2 Å². The van der Waals surface area contributed by atoms with E-state index in [1.54, 1.807) is 0 Å². The second-order valence-corrected chi connectivity index (χ2v) is 14.6. The third-order valence-electron chi connectivity index (χ3n) is 11.9. The molecule has 4 bridgehead atoms. The molecule has 0 unspecified atom stereocenters. The van der Waals surface area contributed by atoms with Crippen molar-refractivity contribution >= 4 is 0 Å². The van der Waals surface area contributed by atoms with Gasteiger partial charge < -0.3 is 14.8 Å². The highest BCUT2D eigenvalue weighted by molar-refractivity contribution is 5.61. The van der Waals surface area contributed by atoms with Crippen LogP contribution in [0.2, 0.25) is 0 Å². The van der Waals surface area contributed by atoms with Crippen molar-refractivity contribution in [1.29, 1.82) is 0 Å². The van der Waals surface area contributed by atoms with Crippen LogP contribution in [-0.2, 0) is 17.3 Å². The first kappa shape index (κ1) is 23.8. The van der Waals surface area contributed by atoms with Crippen LogP contribution in [0.15, 0.2) is 36.4 Å². The monoisotopic (exact) mass is 512 g/mol. The number of nitrogens with one attached hydrogen (secondary N) is 1. The Morgan fingerprint density at radius 3 is 2.58 bits per heavy atom. The van der Waals surface area contributed by atoms with Crippen LogP contribution in [0.25, 0.3) is 0 Å². The third-order valence-corrected chi connectivity index (χ3v) is 11.9. The maximum Gasteiger partial charge on any atom is 0.173 e. The molecular weight excluding hydrogens is 468 g/mol. The van der Waals surface area contributed by atoms with Crippen LogP contribution < -0.4 is 14.8 Å². The van der Waals surface area contributed by atoms with Gasteiger partial charge in [0.05, 0.1) is 7.11 Å². The molecule has 202 valence electrons. The topological polar surface area (TPSA) is 33.7 Å². The zero-order valence-corrected chi connectivity index (χ0v) is 23.7. The number of hydrogen-bond acceptors (Lipinski definition) is 4. The number of nitrogens with zero attached hydrogens (tertiary/aromatic N) is 1. The Bertz CT molecular complexity index is 1260. The maximum atomic E-state index is 6.96. The van der Waals surface area contributed by atoms with E-state index in [-0.39, 0.29) is 10.8 Å². The SMILES string of the molecule is COc1ccc2c(c1Oc1ccc(C(C)(C)C)cc1)[C@]13CCN(CC4CC4)[C@H](C2)[C@]12CC[C@H]1NC[C@@H](C2)[C@H]13. The first-order chi connectivity index (χ1) is 18.3. The van der Waals surface area contributed by atoms with E-state index < -0.39 is 0 Å². The number of ether oxygens (including phenoxy) is 2. The molecule has 3 saturated carbocycles. The molecule has 4 nitrogen and oxygen atoms in total. The quantitative estimate of drug-likeness (QED) is 0.499. The zero-order valence-electron chi connectivity index (χ0n) is 23.7. The minimum absolute atomic E-state index is 0.129. The smallest absolute Gasteiger partial charge is 0.173 e. The molecule has 2 heterocycles. The lowest BCUT2D eigenvalue weighted by atomic mass is 9.43. The van der Waals surface area contributed by atoms with Crippen LogP contribution in [0.1, 0.15) is 76.0 Å². The van der Waals surface area contributed by atoms with Gasteiger partial charge in [-0.05, 0) is 116 Å². The molecule has 2 saturated heterocycles. The number of benzene rings is 2. The molecule has 0 amide bonds. The number of piperidine rings is 1. The Morgan fingerprint density at radius 1 is 1.03 bits per heavy atom. The molecular formula is C34H44N2O2. The summed E-state index contributed by atoms with van der Waals surface area (Å²) >= 11 is 0. The first-order valence-electron chi connectivity index (χ1n) is 15.3. The summed E-state index contributed by atoms with van der Waals surface area (Å²) in [6, 6.07) is 14.7. The summed E-state index contributed by atoms with van der Waals surface area (Å²) in [4.78, 5) is 2.96. The normalized spacial score (nSPS) is 37.1. The van der Waals surface area contributed by atoms with Crippen LogP contribution >= 0.6 is 0 Å². The van der Waals surface area contributed by atoms with Crippen molar-refractivity contribution in [3.8, 4) is 17.2 Å². The van der Waals surface area contributed by atoms with Crippen LogP contribution in [0, 0.1) is 23.2 Å². The van der Waals surface area contributed by atoms with Gasteiger partial charge in [-0.3, -0.25) is 4.90 Å². The summed E-state index contributed by atoms with van der Waals surface area (Å²) in [6.45, 7) is 10.6. The largest absolute Gasteiger partial charge is 0.493 e. The summed E-state index contributed by atoms with van der Waals surface area (Å²) < 4.78 is 13.0. The predicted molar refractivity (Wildman–Crippen MR) is 151 cm³/mol. The number of likely N-dealkylation sites (tertiary alicyclic amines) is 1. The molecule has 2 aliphatic heterocycles. The average Bonchev–Trinajstić information content (AvgIpc) is 3.56. The van der Waals surface area contributed by atoms with Gasteiger partial charge in [-0.1, -0.05) is 39.0 Å². The lowest BCUT2D eigenvalue weighted by molar-refractivity contribution is -0.0948. The van der Waals surface area contributed by atoms with E-state index in [1.807, 2.05) is 7.11 Å². The number of fused-ring (bicyclic) bond motifs is 1. The van der Waals surface area contributed by atoms with E-state index in [9.17, 15) is 0 Å². The van der Waals surface area contributed by atoms with Crippen LogP contribution in [0.5, 0.6) is 17.2 Å². The van der Waals surface area contributed by atoms with Crippen molar-refractivity contribution in [2.24, 2.45) is 23.2 Å². The molecule has 0 aromatic heterocycles. The Labute approximate surface area is 228 Å². The van der Waals surface area contributed by atoms with Crippen molar-refractivity contribution in [2.45, 2.75) is 88.6 Å². The highest BCUT2D eigenvalue weighted by Crippen LogP contribution is 2.76. The number of rotatable bonds is 5. The van der Waals surface area contributed by atoms with E-state index in [1.165, 1.54) is 81.3 Å². The molecule has 2 aromatic carbocycles. The standard InChI is InChI=1S/C34H44N2O2/c1-32(2,3)24-8-10-25(11-9-24)38-31-27(37-4)12-7-22-17-28-33-14-13-26-29(23(18-33)19-35-26)34(33,30(22)31)15-16-36(28)20-21-5-6-21/h7-12,21,23,26,28-29,35H,5-6,13-20H2,1-4H3/t23-,26-,28-,29-,33-,34-/m1/s1. The fourth-order valence-corrected chi connectivity index (χ4v) is 10.3. The average molecular weight is 513 g/mol. The molecule has 0 spiro atoms. The van der Waals surface area contributed by atoms with Crippen LogP contribution in [0.4, 0.5) is 0 Å². The Balaban J connectivity index is 1.29. The summed E-state index contributed by atoms with van der Waals surface area (Å²) in [5.41, 5.74) is 5.09. The highest BCUT2D eigenvalue weighted by atomic mass is 16.5. The number of methoxy groups -OCH3 is 1. The van der Waals surface area contributed by atoms with Gasteiger partial charge in [0.15, 0.2) is 11.5 Å². The fourth-order valence-electron chi connectivity index (χ4n) is 10.3. The first-order valence-corrected chi connectivity index (χ1v) is 15.3. The van der Waals surface area contributed by atoms with Gasteiger partial charge in [0, 0.05) is 29.6 Å². The Kier molecular flexibility index (Phi) is 5.02. The Morgan fingerprint density at radius 2 is 1.84 bits per heavy atom. The van der Waals surface area contributed by atoms with E-state index in [0.717, 1.165) is 35.0 Å². The van der Waals surface area contributed by atoms with Gasteiger partial charge in [0.25, 0.3) is 0 Å². The summed E-state index contributed by atoms with van der Waals surface area (Å²) in [6.07, 6.45) is 9.43. The molecule has 8 rings (SSSR count). The molecule has 6 atom stereocenters. The molecule has 0 radical (unpaired) electrons. The number of hydrogen-bond donors (Lipinski definition) is 1. The second kappa shape index (κ2) is 8.01. The summed E-state index contributed by atoms with van der Waals surface area (Å²) in [5, 5.41) is 3.99. The van der Waals surface area contributed by atoms with E-state index >= 15 is 0 Å². The predicted octanol–water partition coefficient (Wildman–Crippen LogP) is 6.45. The molecule has 1 N–H and O–H groups in total. The van der Waals surface area contributed by atoms with Crippen LogP contribution in [-0.4, -0.2) is 43.7 Å². The maximum absolute atomic E-state index is 6.96. The molecule has 4 aliphatic carbocycles. The summed E-state index contributed by atoms with van der Waals surface area (Å²) in [7, 11) is 1.81. The fraction of sp³-hybridized carbons (Fsp3) is 0.647. The molecule has 5 fully saturated rings. The lowest BCUT2D eigenvalue weighted by Gasteiger charge is -2.66. The summed E-state index contributed by atoms with van der Waals surface area (Å²) in [5.74, 6) is 5.30. The molecule has 2 aromatic rings. The van der Waals surface area contributed by atoms with Crippen molar-refractivity contribution in [3.63, 3.8) is 0 Å². The van der Waals surface area contributed by atoms with E-state index in [4.69, 9.17) is 9.47 Å². The van der Waals surface area contributed by atoms with Gasteiger partial charge in [-0.25, -0.2) is 0 Å². The van der Waals surface area contributed by atoms with Gasteiger partial charge in [0.2, 0.25) is 0 Å². The minimum atomic E-state index is 0.129. The molecule has 38 heavy (non-hydrogen) atoms. The zero-order chi connectivity index (χ0) is 25.9. The van der Waals surface area contributed by atoms with Crippen molar-refractivity contribution in [3.05, 3.63) is 53.1 Å². The van der Waals surface area contributed by atoms with Crippen LogP contribution in [0.3, 0.4) is 0 Å². The van der Waals surface area contributed by atoms with Crippen molar-refractivity contribution in [2.75, 3.05) is 26.7 Å². The second-order valence-electron chi connectivity index (χ2n) is 14.6. The Hall–Kier alpha value is -2.04. The molecule has 6 aliphatic rings. The van der Waals surface area contributed by atoms with Crippen molar-refractivity contribution < 1.29 is 9.47 Å². The van der Waals surface area contributed by atoms with E-state index in [0.29, 0.717) is 17.5 Å². The molecule has 4 heteroatoms. The van der Waals surface area contributed by atoms with E-state index in [2.05, 4.69) is 67.4 Å². The minimum Gasteiger partial charge on any atom is -0.493 e. The lowest BCUT2D eigenvalue weighted by Crippen LogP contribution is -2.69. The van der Waals surface area contributed by atoms with Gasteiger partial charge in [0.1, 0.15) is 5.75 Å².